The molecule has 0 amide bonds. The van der Waals surface area contributed by atoms with Crippen LogP contribution in [0.1, 0.15) is 5.56 Å². The maximum absolute atomic E-state index is 11.5. The summed E-state index contributed by atoms with van der Waals surface area (Å²) in [5, 5.41) is 0.837. The number of carbonyl (C=O) groups is 1. The number of pyridine rings is 1. The zero-order valence-corrected chi connectivity index (χ0v) is 11.9. The lowest BCUT2D eigenvalue weighted by atomic mass is 10.3. The molecule has 20 heavy (non-hydrogen) atoms. The molecule has 0 radical (unpaired) electrons. The quantitative estimate of drug-likeness (QED) is 0.626. The molecule has 0 bridgehead atoms. The minimum Gasteiger partial charge on any atom is -0.480 e. The van der Waals surface area contributed by atoms with Crippen molar-refractivity contribution in [2.24, 2.45) is 0 Å². The zero-order chi connectivity index (χ0) is 14.4. The first-order chi connectivity index (χ1) is 9.65. The van der Waals surface area contributed by atoms with Crippen molar-refractivity contribution in [2.75, 3.05) is 6.61 Å². The van der Waals surface area contributed by atoms with Gasteiger partial charge in [0.25, 0.3) is 0 Å². The maximum atomic E-state index is 11.5. The van der Waals surface area contributed by atoms with E-state index in [1.165, 1.54) is 0 Å². The third-order valence-electron chi connectivity index (χ3n) is 2.37. The fourth-order valence-corrected chi connectivity index (χ4v) is 1.70. The lowest BCUT2D eigenvalue weighted by Crippen LogP contribution is -2.14. The first kappa shape index (κ1) is 14.6. The topological polar surface area (TPSA) is 48.4 Å². The van der Waals surface area contributed by atoms with Gasteiger partial charge in [0, 0.05) is 11.8 Å². The molecular weight excluding hydrogens is 301 g/mol. The largest absolute Gasteiger partial charge is 0.480 e. The normalized spacial score (nSPS) is 10.1. The molecule has 1 aromatic heterocycles. The number of esters is 1. The highest BCUT2D eigenvalue weighted by atomic mass is 35.5. The van der Waals surface area contributed by atoms with Gasteiger partial charge in [-0.1, -0.05) is 41.4 Å². The molecule has 1 aromatic carbocycles. The molecule has 1 heterocycles. The smallest absolute Gasteiger partial charge is 0.344 e. The summed E-state index contributed by atoms with van der Waals surface area (Å²) in [5.74, 6) is -0.0425. The highest BCUT2D eigenvalue weighted by Gasteiger charge is 2.07. The van der Waals surface area contributed by atoms with Crippen molar-refractivity contribution in [2.45, 2.75) is 6.61 Å². The van der Waals surface area contributed by atoms with E-state index in [0.717, 1.165) is 5.56 Å². The van der Waals surface area contributed by atoms with Gasteiger partial charge in [0.15, 0.2) is 6.61 Å². The van der Waals surface area contributed by atoms with E-state index < -0.39 is 5.97 Å². The Morgan fingerprint density at radius 2 is 1.95 bits per heavy atom. The van der Waals surface area contributed by atoms with E-state index in [1.807, 2.05) is 0 Å². The molecule has 0 atom stereocenters. The molecule has 0 unspecified atom stereocenters. The van der Waals surface area contributed by atoms with Crippen LogP contribution >= 0.6 is 23.2 Å². The predicted octanol–water partition coefficient (Wildman–Crippen LogP) is 3.51. The third kappa shape index (κ3) is 4.40. The number of benzene rings is 1. The second-order valence-electron chi connectivity index (χ2n) is 3.87. The molecule has 2 aromatic rings. The number of hydrogen-bond donors (Lipinski definition) is 0. The highest BCUT2D eigenvalue weighted by Crippen LogP contribution is 2.22. The van der Waals surface area contributed by atoms with Gasteiger partial charge in [0.2, 0.25) is 0 Å². The summed E-state index contributed by atoms with van der Waals surface area (Å²) in [4.78, 5) is 15.4. The van der Waals surface area contributed by atoms with Crippen LogP contribution < -0.4 is 4.74 Å². The fraction of sp³-hybridized carbons (Fsp3) is 0.143. The van der Waals surface area contributed by atoms with Gasteiger partial charge in [0.05, 0.1) is 5.02 Å². The molecule has 6 heteroatoms. The summed E-state index contributed by atoms with van der Waals surface area (Å²) in [6.07, 6.45) is 1.55. The summed E-state index contributed by atoms with van der Waals surface area (Å²) in [7, 11) is 0. The monoisotopic (exact) mass is 311 g/mol. The van der Waals surface area contributed by atoms with E-state index in [0.29, 0.717) is 15.9 Å². The number of aromatic nitrogens is 1. The number of ether oxygens (including phenoxy) is 2. The molecule has 104 valence electrons. The van der Waals surface area contributed by atoms with Crippen molar-refractivity contribution in [3.8, 4) is 5.75 Å². The van der Waals surface area contributed by atoms with Crippen LogP contribution in [-0.2, 0) is 16.1 Å². The Balaban J connectivity index is 1.78. The molecule has 0 aliphatic rings. The van der Waals surface area contributed by atoms with E-state index in [4.69, 9.17) is 32.7 Å². The van der Waals surface area contributed by atoms with Crippen molar-refractivity contribution in [3.63, 3.8) is 0 Å². The number of rotatable bonds is 5. The summed E-state index contributed by atoms with van der Waals surface area (Å²) >= 11 is 11.6. The van der Waals surface area contributed by atoms with Gasteiger partial charge >= 0.3 is 5.97 Å². The molecule has 0 saturated carbocycles. The van der Waals surface area contributed by atoms with Crippen LogP contribution in [-0.4, -0.2) is 17.6 Å². The number of halogens is 2. The molecule has 0 fully saturated rings. The first-order valence-corrected chi connectivity index (χ1v) is 6.54. The van der Waals surface area contributed by atoms with Crippen LogP contribution in [0, 0.1) is 0 Å². The van der Waals surface area contributed by atoms with E-state index in [1.54, 1.807) is 42.6 Å². The average Bonchev–Trinajstić information content (AvgIpc) is 2.46. The standard InChI is InChI=1S/C14H11Cl2NO3/c15-11-3-1-2-4-12(11)19-9-14(18)20-8-10-5-6-13(16)17-7-10/h1-7H,8-9H2. The van der Waals surface area contributed by atoms with Crippen LogP contribution in [0.2, 0.25) is 10.2 Å². The van der Waals surface area contributed by atoms with Crippen LogP contribution in [0.5, 0.6) is 5.75 Å². The van der Waals surface area contributed by atoms with Crippen LogP contribution in [0.3, 0.4) is 0 Å². The Morgan fingerprint density at radius 3 is 2.65 bits per heavy atom. The Hall–Kier alpha value is -1.78. The lowest BCUT2D eigenvalue weighted by molar-refractivity contribution is -0.147. The second-order valence-corrected chi connectivity index (χ2v) is 4.66. The second kappa shape index (κ2) is 7.12. The van der Waals surface area contributed by atoms with E-state index in [-0.39, 0.29) is 13.2 Å². The number of para-hydroxylation sites is 1. The van der Waals surface area contributed by atoms with Crippen molar-refractivity contribution >= 4 is 29.2 Å². The van der Waals surface area contributed by atoms with Gasteiger partial charge in [-0.3, -0.25) is 0 Å². The SMILES string of the molecule is O=C(COc1ccccc1Cl)OCc1ccc(Cl)nc1. The molecule has 0 aliphatic heterocycles. The van der Waals surface area contributed by atoms with E-state index >= 15 is 0 Å². The number of nitrogens with zero attached hydrogens (tertiary/aromatic N) is 1. The van der Waals surface area contributed by atoms with Gasteiger partial charge in [-0.2, -0.15) is 0 Å². The van der Waals surface area contributed by atoms with Gasteiger partial charge in [0.1, 0.15) is 17.5 Å². The Morgan fingerprint density at radius 1 is 1.15 bits per heavy atom. The molecular formula is C14H11Cl2NO3. The van der Waals surface area contributed by atoms with Crippen molar-refractivity contribution in [1.29, 1.82) is 0 Å². The summed E-state index contributed by atoms with van der Waals surface area (Å²) in [6, 6.07) is 10.3. The average molecular weight is 312 g/mol. The molecule has 0 spiro atoms. The molecule has 0 aliphatic carbocycles. The Bertz CT molecular complexity index is 587. The lowest BCUT2D eigenvalue weighted by Gasteiger charge is -2.08. The summed E-state index contributed by atoms with van der Waals surface area (Å²) in [6.45, 7) is -0.0837. The Kier molecular flexibility index (Phi) is 5.21. The Labute approximate surface area is 126 Å². The van der Waals surface area contributed by atoms with Crippen LogP contribution in [0.25, 0.3) is 0 Å². The van der Waals surface area contributed by atoms with Gasteiger partial charge < -0.3 is 9.47 Å². The number of hydrogen-bond acceptors (Lipinski definition) is 4. The first-order valence-electron chi connectivity index (χ1n) is 5.78. The third-order valence-corrected chi connectivity index (χ3v) is 2.91. The van der Waals surface area contributed by atoms with Crippen LogP contribution in [0.4, 0.5) is 0 Å². The highest BCUT2D eigenvalue weighted by molar-refractivity contribution is 6.32. The number of carbonyl (C=O) groups excluding carboxylic acids is 1. The van der Waals surface area contributed by atoms with E-state index in [2.05, 4.69) is 4.98 Å². The molecule has 0 N–H and O–H groups in total. The maximum Gasteiger partial charge on any atom is 0.344 e. The minimum atomic E-state index is -0.486. The van der Waals surface area contributed by atoms with Gasteiger partial charge in [-0.25, -0.2) is 9.78 Å². The van der Waals surface area contributed by atoms with E-state index in [9.17, 15) is 4.79 Å². The van der Waals surface area contributed by atoms with Crippen molar-refractivity contribution < 1.29 is 14.3 Å². The molecule has 0 saturated heterocycles. The fourth-order valence-electron chi connectivity index (χ4n) is 1.40. The predicted molar refractivity (Wildman–Crippen MR) is 76.0 cm³/mol. The zero-order valence-electron chi connectivity index (χ0n) is 10.4. The minimum absolute atomic E-state index is 0.120. The van der Waals surface area contributed by atoms with Gasteiger partial charge in [-0.05, 0) is 18.2 Å². The van der Waals surface area contributed by atoms with Crippen LogP contribution in [0.15, 0.2) is 42.6 Å². The van der Waals surface area contributed by atoms with Crippen molar-refractivity contribution in [1.82, 2.24) is 4.98 Å². The molecule has 2 rings (SSSR count). The molecule has 4 nitrogen and oxygen atoms in total. The van der Waals surface area contributed by atoms with Crippen molar-refractivity contribution in [3.05, 3.63) is 58.3 Å². The summed E-state index contributed by atoms with van der Waals surface area (Å²) < 4.78 is 10.3. The summed E-state index contributed by atoms with van der Waals surface area (Å²) in [5.41, 5.74) is 0.750. The van der Waals surface area contributed by atoms with Gasteiger partial charge in [-0.15, -0.1) is 0 Å².